The third-order valence-corrected chi connectivity index (χ3v) is 2.31. The van der Waals surface area contributed by atoms with E-state index in [9.17, 15) is 9.18 Å². The fourth-order valence-corrected chi connectivity index (χ4v) is 1.48. The second-order valence-electron chi connectivity index (χ2n) is 3.58. The van der Waals surface area contributed by atoms with Crippen molar-refractivity contribution in [2.45, 2.75) is 13.3 Å². The number of benzene rings is 1. The van der Waals surface area contributed by atoms with Crippen LogP contribution in [0, 0.1) is 12.7 Å². The zero-order valence-electron chi connectivity index (χ0n) is 9.11. The van der Waals surface area contributed by atoms with Crippen molar-refractivity contribution in [3.63, 3.8) is 0 Å². The molecule has 2 aromatic rings. The van der Waals surface area contributed by atoms with E-state index in [1.165, 1.54) is 12.1 Å². The summed E-state index contributed by atoms with van der Waals surface area (Å²) in [5.74, 6) is -1.10. The summed E-state index contributed by atoms with van der Waals surface area (Å²) in [5, 5.41) is 8.66. The molecule has 0 spiro atoms. The Balaban J connectivity index is 2.41. The van der Waals surface area contributed by atoms with E-state index in [0.717, 1.165) is 0 Å². The molecule has 88 valence electrons. The second kappa shape index (κ2) is 4.37. The summed E-state index contributed by atoms with van der Waals surface area (Å²) in [6.07, 6.45) is -0.257. The van der Waals surface area contributed by atoms with Crippen LogP contribution in [0.2, 0.25) is 0 Å². The highest BCUT2D eigenvalue weighted by Crippen LogP contribution is 2.24. The van der Waals surface area contributed by atoms with Crippen LogP contribution < -0.4 is 0 Å². The SMILES string of the molecule is Cc1nc(-c2ccccc2F)oc1CC(=O)O. The number of aliphatic carboxylic acids is 1. The number of rotatable bonds is 3. The van der Waals surface area contributed by atoms with Crippen molar-refractivity contribution < 1.29 is 18.7 Å². The summed E-state index contributed by atoms with van der Waals surface area (Å²) in [7, 11) is 0. The normalized spacial score (nSPS) is 10.5. The molecule has 0 unspecified atom stereocenters. The Morgan fingerprint density at radius 1 is 1.47 bits per heavy atom. The highest BCUT2D eigenvalue weighted by atomic mass is 19.1. The lowest BCUT2D eigenvalue weighted by atomic mass is 10.2. The fraction of sp³-hybridized carbons (Fsp3) is 0.167. The number of aromatic nitrogens is 1. The van der Waals surface area contributed by atoms with Gasteiger partial charge in [-0.15, -0.1) is 0 Å². The molecule has 0 saturated heterocycles. The monoisotopic (exact) mass is 235 g/mol. The van der Waals surface area contributed by atoms with Gasteiger partial charge in [0.25, 0.3) is 0 Å². The molecule has 0 amide bonds. The average Bonchev–Trinajstić information content (AvgIpc) is 2.60. The predicted molar refractivity (Wildman–Crippen MR) is 58.0 cm³/mol. The first kappa shape index (κ1) is 11.3. The molecular formula is C12H10FNO3. The average molecular weight is 235 g/mol. The van der Waals surface area contributed by atoms with Crippen molar-refractivity contribution in [3.8, 4) is 11.5 Å². The molecule has 2 rings (SSSR count). The molecule has 0 aliphatic carbocycles. The molecule has 17 heavy (non-hydrogen) atoms. The van der Waals surface area contributed by atoms with E-state index >= 15 is 0 Å². The summed E-state index contributed by atoms with van der Waals surface area (Å²) < 4.78 is 18.7. The van der Waals surface area contributed by atoms with Gasteiger partial charge in [0, 0.05) is 0 Å². The van der Waals surface area contributed by atoms with Crippen LogP contribution in [0.1, 0.15) is 11.5 Å². The molecule has 0 aliphatic rings. The highest BCUT2D eigenvalue weighted by Gasteiger charge is 2.16. The number of carboxylic acids is 1. The fourth-order valence-electron chi connectivity index (χ4n) is 1.48. The van der Waals surface area contributed by atoms with Crippen molar-refractivity contribution in [2.24, 2.45) is 0 Å². The number of hydrogen-bond acceptors (Lipinski definition) is 3. The Bertz CT molecular complexity index is 563. The minimum absolute atomic E-state index is 0.108. The molecule has 0 radical (unpaired) electrons. The first-order chi connectivity index (χ1) is 8.08. The quantitative estimate of drug-likeness (QED) is 0.887. The van der Waals surface area contributed by atoms with Gasteiger partial charge in [0.05, 0.1) is 11.3 Å². The van der Waals surface area contributed by atoms with E-state index in [0.29, 0.717) is 5.69 Å². The summed E-state index contributed by atoms with van der Waals surface area (Å²) in [6.45, 7) is 1.63. The van der Waals surface area contributed by atoms with Gasteiger partial charge < -0.3 is 9.52 Å². The van der Waals surface area contributed by atoms with Crippen LogP contribution in [0.3, 0.4) is 0 Å². The van der Waals surface area contributed by atoms with Crippen molar-refractivity contribution in [1.29, 1.82) is 0 Å². The largest absolute Gasteiger partial charge is 0.481 e. The van der Waals surface area contributed by atoms with Gasteiger partial charge in [-0.1, -0.05) is 12.1 Å². The minimum Gasteiger partial charge on any atom is -0.481 e. The zero-order chi connectivity index (χ0) is 12.4. The number of carbonyl (C=O) groups is 1. The third kappa shape index (κ3) is 2.33. The zero-order valence-corrected chi connectivity index (χ0v) is 9.11. The molecule has 0 aliphatic heterocycles. The Labute approximate surface area is 96.7 Å². The molecular weight excluding hydrogens is 225 g/mol. The lowest BCUT2D eigenvalue weighted by Crippen LogP contribution is -1.99. The molecule has 0 fully saturated rings. The van der Waals surface area contributed by atoms with Gasteiger partial charge in [-0.2, -0.15) is 0 Å². The molecule has 1 heterocycles. The van der Waals surface area contributed by atoms with Gasteiger partial charge in [0.1, 0.15) is 18.0 Å². The van der Waals surface area contributed by atoms with Gasteiger partial charge in [0.15, 0.2) is 0 Å². The molecule has 0 atom stereocenters. The van der Waals surface area contributed by atoms with Gasteiger partial charge in [-0.05, 0) is 19.1 Å². The van der Waals surface area contributed by atoms with Crippen LogP contribution >= 0.6 is 0 Å². The van der Waals surface area contributed by atoms with E-state index in [2.05, 4.69) is 4.98 Å². The number of aryl methyl sites for hydroxylation is 1. The van der Waals surface area contributed by atoms with E-state index < -0.39 is 11.8 Å². The van der Waals surface area contributed by atoms with E-state index in [1.54, 1.807) is 19.1 Å². The number of hydrogen-bond donors (Lipinski definition) is 1. The molecule has 0 bridgehead atoms. The minimum atomic E-state index is -1.01. The number of halogens is 1. The first-order valence-corrected chi connectivity index (χ1v) is 5.01. The maximum atomic E-state index is 13.5. The summed E-state index contributed by atoms with van der Waals surface area (Å²) >= 11 is 0. The summed E-state index contributed by atoms with van der Waals surface area (Å²) in [5.41, 5.74) is 0.692. The van der Waals surface area contributed by atoms with Gasteiger partial charge in [-0.3, -0.25) is 4.79 Å². The van der Waals surface area contributed by atoms with E-state index in [-0.39, 0.29) is 23.6 Å². The van der Waals surface area contributed by atoms with Crippen molar-refractivity contribution in [2.75, 3.05) is 0 Å². The summed E-state index contributed by atoms with van der Waals surface area (Å²) in [4.78, 5) is 14.6. The van der Waals surface area contributed by atoms with E-state index in [1.807, 2.05) is 0 Å². The molecule has 0 saturated carbocycles. The highest BCUT2D eigenvalue weighted by molar-refractivity contribution is 5.70. The van der Waals surface area contributed by atoms with E-state index in [4.69, 9.17) is 9.52 Å². The van der Waals surface area contributed by atoms with Crippen molar-refractivity contribution in [3.05, 3.63) is 41.5 Å². The molecule has 1 aromatic carbocycles. The van der Waals surface area contributed by atoms with Crippen molar-refractivity contribution in [1.82, 2.24) is 4.98 Å². The predicted octanol–water partition coefficient (Wildman–Crippen LogP) is 2.42. The van der Waals surface area contributed by atoms with Crippen molar-refractivity contribution >= 4 is 5.97 Å². The maximum absolute atomic E-state index is 13.5. The Morgan fingerprint density at radius 2 is 2.18 bits per heavy atom. The van der Waals surface area contributed by atoms with Crippen LogP contribution in [0.15, 0.2) is 28.7 Å². The molecule has 1 N–H and O–H groups in total. The lowest BCUT2D eigenvalue weighted by molar-refractivity contribution is -0.136. The number of carboxylic acid groups (broad SMARTS) is 1. The topological polar surface area (TPSA) is 63.3 Å². The smallest absolute Gasteiger partial charge is 0.311 e. The Kier molecular flexibility index (Phi) is 2.91. The standard InChI is InChI=1S/C12H10FNO3/c1-7-10(6-11(15)16)17-12(14-7)8-4-2-3-5-9(8)13/h2-5H,6H2,1H3,(H,15,16). The second-order valence-corrected chi connectivity index (χ2v) is 3.58. The molecule has 5 heteroatoms. The lowest BCUT2D eigenvalue weighted by Gasteiger charge is -1.96. The summed E-state index contributed by atoms with van der Waals surface area (Å²) in [6, 6.07) is 6.05. The molecule has 4 nitrogen and oxygen atoms in total. The number of nitrogens with zero attached hydrogens (tertiary/aromatic N) is 1. The van der Waals surface area contributed by atoms with Crippen LogP contribution in [0.5, 0.6) is 0 Å². The van der Waals surface area contributed by atoms with Crippen LogP contribution in [0.25, 0.3) is 11.5 Å². The maximum Gasteiger partial charge on any atom is 0.311 e. The van der Waals surface area contributed by atoms with Crippen LogP contribution in [0.4, 0.5) is 4.39 Å². The molecule has 1 aromatic heterocycles. The van der Waals surface area contributed by atoms with Gasteiger partial charge in [0.2, 0.25) is 5.89 Å². The first-order valence-electron chi connectivity index (χ1n) is 5.01. The number of oxazole rings is 1. The van der Waals surface area contributed by atoms with Crippen LogP contribution in [-0.4, -0.2) is 16.1 Å². The van der Waals surface area contributed by atoms with Crippen LogP contribution in [-0.2, 0) is 11.2 Å². The Hall–Kier alpha value is -2.17. The third-order valence-electron chi connectivity index (χ3n) is 2.31. The van der Waals surface area contributed by atoms with Gasteiger partial charge in [-0.25, -0.2) is 9.37 Å². The van der Waals surface area contributed by atoms with Gasteiger partial charge >= 0.3 is 5.97 Å². The Morgan fingerprint density at radius 3 is 2.82 bits per heavy atom.